The molecule has 0 unspecified atom stereocenters. The van der Waals surface area contributed by atoms with Gasteiger partial charge in [-0.2, -0.15) is 0 Å². The number of nitrogens with one attached hydrogen (secondary N) is 1. The Morgan fingerprint density at radius 2 is 2.00 bits per heavy atom. The number of hydrogen-bond donors (Lipinski definition) is 1. The summed E-state index contributed by atoms with van der Waals surface area (Å²) in [6.45, 7) is 2.97. The molecule has 0 bridgehead atoms. The number of nitrogens with zero attached hydrogens (tertiary/aromatic N) is 3. The van der Waals surface area contributed by atoms with Crippen LogP contribution in [-0.2, 0) is 18.0 Å². The summed E-state index contributed by atoms with van der Waals surface area (Å²) in [5.41, 5.74) is 0.725. The Morgan fingerprint density at radius 3 is 2.73 bits per heavy atom. The average Bonchev–Trinajstić information content (AvgIpc) is 2.94. The predicted octanol–water partition coefficient (Wildman–Crippen LogP) is 0.929. The first-order chi connectivity index (χ1) is 10.7. The van der Waals surface area contributed by atoms with E-state index in [9.17, 15) is 9.59 Å². The van der Waals surface area contributed by atoms with Gasteiger partial charge in [-0.1, -0.05) is 30.3 Å². The van der Waals surface area contributed by atoms with Crippen molar-refractivity contribution in [1.82, 2.24) is 19.1 Å². The molecule has 3 aromatic rings. The minimum atomic E-state index is -0.469. The van der Waals surface area contributed by atoms with E-state index in [4.69, 9.17) is 4.74 Å². The first-order valence-electron chi connectivity index (χ1n) is 7.00. The summed E-state index contributed by atoms with van der Waals surface area (Å²) in [6.07, 6.45) is 1.51. The smallest absolute Gasteiger partial charge is 0.330 e. The first-order valence-corrected chi connectivity index (χ1v) is 7.00. The Morgan fingerprint density at radius 1 is 1.23 bits per heavy atom. The highest BCUT2D eigenvalue weighted by Crippen LogP contribution is 2.09. The SMILES string of the molecule is CCOCn1cnc2c1c(=O)[nH]c(=O)n2Cc1ccccc1. The number of aromatic nitrogens is 4. The van der Waals surface area contributed by atoms with Gasteiger partial charge in [-0.3, -0.25) is 14.3 Å². The number of hydrogen-bond acceptors (Lipinski definition) is 4. The maximum Gasteiger partial charge on any atom is 0.330 e. The van der Waals surface area contributed by atoms with Crippen LogP contribution in [0.15, 0.2) is 46.2 Å². The lowest BCUT2D eigenvalue weighted by atomic mass is 10.2. The Hall–Kier alpha value is -2.67. The summed E-state index contributed by atoms with van der Waals surface area (Å²) in [4.78, 5) is 30.7. The minimum absolute atomic E-state index is 0.222. The quantitative estimate of drug-likeness (QED) is 0.760. The van der Waals surface area contributed by atoms with E-state index in [1.807, 2.05) is 37.3 Å². The highest BCUT2D eigenvalue weighted by atomic mass is 16.5. The highest BCUT2D eigenvalue weighted by Gasteiger charge is 2.13. The fourth-order valence-electron chi connectivity index (χ4n) is 2.32. The lowest BCUT2D eigenvalue weighted by molar-refractivity contribution is 0.0903. The maximum atomic E-state index is 12.1. The van der Waals surface area contributed by atoms with E-state index in [0.717, 1.165) is 5.56 Å². The second-order valence-electron chi connectivity index (χ2n) is 4.84. The van der Waals surface area contributed by atoms with Crippen molar-refractivity contribution in [2.24, 2.45) is 0 Å². The van der Waals surface area contributed by atoms with Crippen LogP contribution >= 0.6 is 0 Å². The van der Waals surface area contributed by atoms with Crippen LogP contribution in [0.2, 0.25) is 0 Å². The molecule has 7 heteroatoms. The Bertz CT molecular complexity index is 893. The third-order valence-corrected chi connectivity index (χ3v) is 3.37. The van der Waals surface area contributed by atoms with Crippen molar-refractivity contribution in [3.8, 4) is 0 Å². The van der Waals surface area contributed by atoms with Gasteiger partial charge < -0.3 is 9.30 Å². The molecule has 0 radical (unpaired) electrons. The van der Waals surface area contributed by atoms with E-state index < -0.39 is 11.2 Å². The zero-order valence-corrected chi connectivity index (χ0v) is 12.2. The summed E-state index contributed by atoms with van der Waals surface area (Å²) in [6, 6.07) is 9.54. The molecule has 0 amide bonds. The van der Waals surface area contributed by atoms with E-state index in [0.29, 0.717) is 24.3 Å². The van der Waals surface area contributed by atoms with Gasteiger partial charge in [0.25, 0.3) is 5.56 Å². The van der Waals surface area contributed by atoms with Gasteiger partial charge in [0.15, 0.2) is 11.2 Å². The first kappa shape index (κ1) is 14.3. The van der Waals surface area contributed by atoms with Gasteiger partial charge in [-0.15, -0.1) is 0 Å². The molecule has 2 heterocycles. The molecular formula is C15H16N4O3. The van der Waals surface area contributed by atoms with Crippen LogP contribution < -0.4 is 11.2 Å². The second kappa shape index (κ2) is 5.98. The normalized spacial score (nSPS) is 11.1. The molecule has 0 aliphatic heterocycles. The summed E-state index contributed by atoms with van der Waals surface area (Å²) in [7, 11) is 0. The van der Waals surface area contributed by atoms with Crippen LogP contribution in [-0.4, -0.2) is 25.7 Å². The molecule has 7 nitrogen and oxygen atoms in total. The molecule has 0 aliphatic carbocycles. The van der Waals surface area contributed by atoms with E-state index in [1.54, 1.807) is 4.57 Å². The molecule has 0 spiro atoms. The van der Waals surface area contributed by atoms with Crippen LogP contribution in [0.25, 0.3) is 11.2 Å². The zero-order chi connectivity index (χ0) is 15.5. The zero-order valence-electron chi connectivity index (χ0n) is 12.2. The van der Waals surface area contributed by atoms with Gasteiger partial charge in [0.1, 0.15) is 6.73 Å². The molecule has 1 N–H and O–H groups in total. The lowest BCUT2D eigenvalue weighted by Crippen LogP contribution is -2.31. The topological polar surface area (TPSA) is 81.9 Å². The monoisotopic (exact) mass is 300 g/mol. The van der Waals surface area contributed by atoms with Gasteiger partial charge >= 0.3 is 5.69 Å². The van der Waals surface area contributed by atoms with Gasteiger partial charge in [0, 0.05) is 6.61 Å². The number of fused-ring (bicyclic) bond motifs is 1. The third-order valence-electron chi connectivity index (χ3n) is 3.37. The van der Waals surface area contributed by atoms with E-state index in [-0.39, 0.29) is 6.73 Å². The van der Waals surface area contributed by atoms with Gasteiger partial charge in [0.05, 0.1) is 12.9 Å². The van der Waals surface area contributed by atoms with Gasteiger partial charge in [-0.25, -0.2) is 9.78 Å². The molecule has 1 aromatic carbocycles. The summed E-state index contributed by atoms with van der Waals surface area (Å²) in [5.74, 6) is 0. The summed E-state index contributed by atoms with van der Waals surface area (Å²) in [5, 5.41) is 0. The fourth-order valence-corrected chi connectivity index (χ4v) is 2.32. The molecular weight excluding hydrogens is 284 g/mol. The number of aromatic amines is 1. The Balaban J connectivity index is 2.12. The largest absolute Gasteiger partial charge is 0.361 e. The molecule has 0 atom stereocenters. The third kappa shape index (κ3) is 2.58. The lowest BCUT2D eigenvalue weighted by Gasteiger charge is -2.07. The van der Waals surface area contributed by atoms with E-state index in [2.05, 4.69) is 9.97 Å². The number of rotatable bonds is 5. The van der Waals surface area contributed by atoms with E-state index in [1.165, 1.54) is 10.9 Å². The van der Waals surface area contributed by atoms with Crippen LogP contribution in [0.1, 0.15) is 12.5 Å². The van der Waals surface area contributed by atoms with Crippen molar-refractivity contribution in [2.45, 2.75) is 20.2 Å². The molecule has 22 heavy (non-hydrogen) atoms. The van der Waals surface area contributed by atoms with Crippen molar-refractivity contribution in [3.05, 3.63) is 63.1 Å². The van der Waals surface area contributed by atoms with Crippen molar-refractivity contribution in [3.63, 3.8) is 0 Å². The minimum Gasteiger partial charge on any atom is -0.361 e. The molecule has 2 aromatic heterocycles. The van der Waals surface area contributed by atoms with Crippen molar-refractivity contribution < 1.29 is 4.74 Å². The van der Waals surface area contributed by atoms with Crippen molar-refractivity contribution >= 4 is 11.2 Å². The number of ether oxygens (including phenoxy) is 1. The van der Waals surface area contributed by atoms with Gasteiger partial charge in [-0.05, 0) is 12.5 Å². The Kier molecular flexibility index (Phi) is 3.88. The van der Waals surface area contributed by atoms with Crippen molar-refractivity contribution in [1.29, 1.82) is 0 Å². The number of benzene rings is 1. The fraction of sp³-hybridized carbons (Fsp3) is 0.267. The second-order valence-corrected chi connectivity index (χ2v) is 4.84. The number of H-pyrrole nitrogens is 1. The molecule has 0 saturated carbocycles. The van der Waals surface area contributed by atoms with Crippen molar-refractivity contribution in [2.75, 3.05) is 6.61 Å². The number of imidazole rings is 1. The Labute approximate surface area is 125 Å². The van der Waals surface area contributed by atoms with Crippen LogP contribution in [0, 0.1) is 0 Å². The molecule has 0 saturated heterocycles. The summed E-state index contributed by atoms with van der Waals surface area (Å²) < 4.78 is 8.36. The average molecular weight is 300 g/mol. The van der Waals surface area contributed by atoms with Crippen LogP contribution in [0.5, 0.6) is 0 Å². The predicted molar refractivity (Wildman–Crippen MR) is 81.8 cm³/mol. The summed E-state index contributed by atoms with van der Waals surface area (Å²) >= 11 is 0. The highest BCUT2D eigenvalue weighted by molar-refractivity contribution is 5.69. The standard InChI is InChI=1S/C15H16N4O3/c1-2-22-10-18-9-16-13-12(18)14(20)17-15(21)19(13)8-11-6-4-3-5-7-11/h3-7,9H,2,8,10H2,1H3,(H,17,20,21). The maximum absolute atomic E-state index is 12.1. The van der Waals surface area contributed by atoms with Crippen LogP contribution in [0.3, 0.4) is 0 Å². The molecule has 114 valence electrons. The molecule has 3 rings (SSSR count). The van der Waals surface area contributed by atoms with Gasteiger partial charge in [0.2, 0.25) is 0 Å². The van der Waals surface area contributed by atoms with E-state index >= 15 is 0 Å². The van der Waals surface area contributed by atoms with Crippen LogP contribution in [0.4, 0.5) is 0 Å². The molecule has 0 fully saturated rings. The molecule has 0 aliphatic rings.